The first kappa shape index (κ1) is 12.3. The Kier molecular flexibility index (Phi) is 5.57. The highest BCUT2D eigenvalue weighted by Crippen LogP contribution is 2.42. The van der Waals surface area contributed by atoms with Gasteiger partial charge < -0.3 is 9.63 Å². The lowest BCUT2D eigenvalue weighted by Gasteiger charge is -2.09. The van der Waals surface area contributed by atoms with Gasteiger partial charge in [0.2, 0.25) is 6.79 Å². The smallest absolute Gasteiger partial charge is 0.435 e. The molecule has 0 aliphatic heterocycles. The van der Waals surface area contributed by atoms with Crippen LogP contribution >= 0.6 is 7.82 Å². The molecular weight excluding hydrogens is 199 g/mol. The topological polar surface area (TPSA) is 82.1 Å². The summed E-state index contributed by atoms with van der Waals surface area (Å²) in [5.74, 6) is -0.739. The molecular formula is C6H11O6P. The molecule has 0 amide bonds. The Labute approximate surface area is 75.7 Å². The van der Waals surface area contributed by atoms with Crippen molar-refractivity contribution in [1.29, 1.82) is 0 Å². The number of hydrogen-bond acceptors (Lipinski definition) is 5. The molecule has 0 aliphatic rings. The summed E-state index contributed by atoms with van der Waals surface area (Å²) < 4.78 is 23.6. The molecule has 7 heteroatoms. The van der Waals surface area contributed by atoms with Crippen molar-refractivity contribution in [3.63, 3.8) is 0 Å². The van der Waals surface area contributed by atoms with Crippen LogP contribution in [0.3, 0.4) is 0 Å². The summed E-state index contributed by atoms with van der Waals surface area (Å²) in [5.41, 5.74) is 0. The van der Waals surface area contributed by atoms with Crippen LogP contribution in [-0.2, 0) is 23.1 Å². The van der Waals surface area contributed by atoms with E-state index >= 15 is 0 Å². The molecule has 0 aromatic heterocycles. The zero-order chi connectivity index (χ0) is 10.3. The van der Waals surface area contributed by atoms with E-state index < -0.39 is 20.6 Å². The van der Waals surface area contributed by atoms with Crippen molar-refractivity contribution in [3.05, 3.63) is 12.7 Å². The maximum Gasteiger partial charge on any atom is 0.475 e. The number of hydrogen-bond donors (Lipinski definition) is 1. The largest absolute Gasteiger partial charge is 0.475 e. The van der Waals surface area contributed by atoms with Crippen molar-refractivity contribution in [1.82, 2.24) is 0 Å². The molecule has 1 unspecified atom stereocenters. The van der Waals surface area contributed by atoms with Crippen molar-refractivity contribution in [3.8, 4) is 0 Å². The van der Waals surface area contributed by atoms with E-state index in [4.69, 9.17) is 4.89 Å². The fourth-order valence-electron chi connectivity index (χ4n) is 0.410. The van der Waals surface area contributed by atoms with Gasteiger partial charge in [0.05, 0.1) is 6.61 Å². The highest BCUT2D eigenvalue weighted by molar-refractivity contribution is 7.47. The van der Waals surface area contributed by atoms with Gasteiger partial charge in [-0.3, -0.25) is 4.52 Å². The Morgan fingerprint density at radius 3 is 2.69 bits per heavy atom. The van der Waals surface area contributed by atoms with Crippen molar-refractivity contribution in [2.24, 2.45) is 0 Å². The van der Waals surface area contributed by atoms with Crippen LogP contribution in [0.2, 0.25) is 0 Å². The number of carbonyl (C=O) groups is 1. The van der Waals surface area contributed by atoms with Crippen molar-refractivity contribution >= 4 is 13.8 Å². The zero-order valence-corrected chi connectivity index (χ0v) is 8.03. The number of rotatable bonds is 6. The molecule has 0 radical (unpaired) electrons. The lowest BCUT2D eigenvalue weighted by molar-refractivity contribution is -0.144. The van der Waals surface area contributed by atoms with Crippen LogP contribution in [0.5, 0.6) is 0 Å². The van der Waals surface area contributed by atoms with Gasteiger partial charge in [0.25, 0.3) is 0 Å². The number of phosphoric acid groups is 1. The summed E-state index contributed by atoms with van der Waals surface area (Å²) in [7, 11) is -4.07. The van der Waals surface area contributed by atoms with Gasteiger partial charge in [-0.15, -0.1) is 0 Å². The van der Waals surface area contributed by atoms with E-state index in [0.29, 0.717) is 0 Å². The van der Waals surface area contributed by atoms with E-state index in [9.17, 15) is 9.36 Å². The number of phosphoric ester groups is 1. The normalized spacial score (nSPS) is 14.6. The van der Waals surface area contributed by atoms with E-state index in [1.54, 1.807) is 0 Å². The fourth-order valence-corrected chi connectivity index (χ4v) is 0.997. The molecule has 13 heavy (non-hydrogen) atoms. The average molecular weight is 210 g/mol. The van der Waals surface area contributed by atoms with Crippen LogP contribution in [-0.4, -0.2) is 24.3 Å². The third-order valence-electron chi connectivity index (χ3n) is 0.876. The highest BCUT2D eigenvalue weighted by atomic mass is 31.2. The lowest BCUT2D eigenvalue weighted by Crippen LogP contribution is -2.05. The second-order valence-corrected chi connectivity index (χ2v) is 3.25. The Balaban J connectivity index is 3.69. The summed E-state index contributed by atoms with van der Waals surface area (Å²) >= 11 is 0. The summed E-state index contributed by atoms with van der Waals surface area (Å²) in [6, 6.07) is 0. The Bertz CT molecular complexity index is 225. The molecule has 0 spiro atoms. The summed E-state index contributed by atoms with van der Waals surface area (Å²) in [5, 5.41) is 0. The predicted molar refractivity (Wildman–Crippen MR) is 43.7 cm³/mol. The maximum absolute atomic E-state index is 10.8. The molecule has 0 bridgehead atoms. The van der Waals surface area contributed by atoms with E-state index in [0.717, 1.165) is 6.08 Å². The van der Waals surface area contributed by atoms with E-state index in [1.165, 1.54) is 6.92 Å². The zero-order valence-electron chi connectivity index (χ0n) is 7.13. The SMILES string of the molecule is C=CC(=O)OCOP(=O)(O)OCC. The molecule has 1 N–H and O–H groups in total. The summed E-state index contributed by atoms with van der Waals surface area (Å²) in [6.07, 6.45) is 0.909. The van der Waals surface area contributed by atoms with Crippen LogP contribution in [0.15, 0.2) is 12.7 Å². The molecule has 0 aliphatic carbocycles. The van der Waals surface area contributed by atoms with Gasteiger partial charge in [-0.25, -0.2) is 13.9 Å². The monoisotopic (exact) mass is 210 g/mol. The Morgan fingerprint density at radius 1 is 1.62 bits per heavy atom. The van der Waals surface area contributed by atoms with E-state index in [2.05, 4.69) is 20.4 Å². The Hall–Kier alpha value is -0.680. The van der Waals surface area contributed by atoms with Gasteiger partial charge in [0.1, 0.15) is 0 Å². The van der Waals surface area contributed by atoms with Gasteiger partial charge in [-0.1, -0.05) is 6.58 Å². The first-order valence-corrected chi connectivity index (χ1v) is 4.92. The van der Waals surface area contributed by atoms with E-state index in [1.807, 2.05) is 0 Å². The summed E-state index contributed by atoms with van der Waals surface area (Å²) in [6.45, 7) is 4.04. The average Bonchev–Trinajstić information content (AvgIpc) is 2.03. The fraction of sp³-hybridized carbons (Fsp3) is 0.500. The van der Waals surface area contributed by atoms with Gasteiger partial charge in [0.15, 0.2) is 0 Å². The molecule has 0 aromatic carbocycles. The molecule has 0 aromatic rings. The molecule has 1 atom stereocenters. The molecule has 0 saturated carbocycles. The first-order chi connectivity index (χ1) is 6.02. The molecule has 0 rings (SSSR count). The van der Waals surface area contributed by atoms with Crippen molar-refractivity contribution < 1.29 is 28.0 Å². The number of ether oxygens (including phenoxy) is 1. The molecule has 0 heterocycles. The molecule has 6 nitrogen and oxygen atoms in total. The van der Waals surface area contributed by atoms with Gasteiger partial charge >= 0.3 is 13.8 Å². The van der Waals surface area contributed by atoms with Crippen LogP contribution in [0.4, 0.5) is 0 Å². The minimum absolute atomic E-state index is 0.0309. The van der Waals surface area contributed by atoms with Gasteiger partial charge in [0, 0.05) is 6.08 Å². The number of carbonyl (C=O) groups excluding carboxylic acids is 1. The van der Waals surface area contributed by atoms with Crippen LogP contribution < -0.4 is 0 Å². The molecule has 76 valence electrons. The van der Waals surface area contributed by atoms with Crippen molar-refractivity contribution in [2.45, 2.75) is 6.92 Å². The predicted octanol–water partition coefficient (Wildman–Crippen LogP) is 0.827. The standard InChI is InChI=1S/C6H11O6P/c1-3-6(7)10-5-12-13(8,9)11-4-2/h3H,1,4-5H2,2H3,(H,8,9). The van der Waals surface area contributed by atoms with Crippen LogP contribution in [0, 0.1) is 0 Å². The molecule has 0 fully saturated rings. The quantitative estimate of drug-likeness (QED) is 0.302. The lowest BCUT2D eigenvalue weighted by atomic mass is 10.7. The minimum atomic E-state index is -4.07. The highest BCUT2D eigenvalue weighted by Gasteiger charge is 2.20. The van der Waals surface area contributed by atoms with Gasteiger partial charge in [-0.2, -0.15) is 0 Å². The van der Waals surface area contributed by atoms with Gasteiger partial charge in [-0.05, 0) is 6.92 Å². The van der Waals surface area contributed by atoms with E-state index in [-0.39, 0.29) is 6.61 Å². The van der Waals surface area contributed by atoms with Crippen LogP contribution in [0.25, 0.3) is 0 Å². The third-order valence-corrected chi connectivity index (χ3v) is 1.89. The number of esters is 1. The molecule has 0 saturated heterocycles. The van der Waals surface area contributed by atoms with Crippen molar-refractivity contribution in [2.75, 3.05) is 13.4 Å². The Morgan fingerprint density at radius 2 is 2.23 bits per heavy atom. The second-order valence-electron chi connectivity index (χ2n) is 1.80. The summed E-state index contributed by atoms with van der Waals surface area (Å²) in [4.78, 5) is 19.2. The second kappa shape index (κ2) is 5.88. The third kappa shape index (κ3) is 6.48. The maximum atomic E-state index is 10.8. The minimum Gasteiger partial charge on any atom is -0.435 e. The van der Waals surface area contributed by atoms with Crippen LogP contribution in [0.1, 0.15) is 6.92 Å². The first-order valence-electron chi connectivity index (χ1n) is 3.43.